The molecule has 0 atom stereocenters. The Hall–Kier alpha value is -0.970. The molecule has 0 aliphatic heterocycles. The summed E-state index contributed by atoms with van der Waals surface area (Å²) in [4.78, 5) is 22.4. The van der Waals surface area contributed by atoms with Crippen LogP contribution in [-0.2, 0) is 0 Å². The summed E-state index contributed by atoms with van der Waals surface area (Å²) >= 11 is 17.1. The van der Waals surface area contributed by atoms with Gasteiger partial charge in [0.15, 0.2) is 0 Å². The van der Waals surface area contributed by atoms with Crippen LogP contribution in [0.15, 0.2) is 6.07 Å². The van der Waals surface area contributed by atoms with Crippen LogP contribution in [0.25, 0.3) is 0 Å². The number of rotatable bonds is 2. The lowest BCUT2D eigenvalue weighted by Gasteiger charge is -2.09. The van der Waals surface area contributed by atoms with Gasteiger partial charge in [-0.3, -0.25) is 4.79 Å². The van der Waals surface area contributed by atoms with E-state index in [-0.39, 0.29) is 26.2 Å². The van der Waals surface area contributed by atoms with Crippen molar-refractivity contribution in [1.29, 1.82) is 0 Å². The summed E-state index contributed by atoms with van der Waals surface area (Å²) in [6, 6.07) is 1.16. The number of nitrogens with one attached hydrogen (secondary N) is 1. The van der Waals surface area contributed by atoms with Gasteiger partial charge in [0.25, 0.3) is 5.91 Å². The van der Waals surface area contributed by atoms with Crippen LogP contribution >= 0.6 is 34.8 Å². The normalized spacial score (nSPS) is 10.0. The minimum atomic E-state index is -1.35. The molecular formula is C9H6Cl3NO3. The highest BCUT2D eigenvalue weighted by molar-refractivity contribution is 6.49. The standard InChI is InChI=1S/C9H6Cl3NO3/c1-13-8(14)3-2-4(10)6(11)7(12)5(3)9(15)16/h2H,1H3,(H,13,14)(H,15,16). The summed E-state index contributed by atoms with van der Waals surface area (Å²) < 4.78 is 0. The van der Waals surface area contributed by atoms with E-state index in [4.69, 9.17) is 39.9 Å². The number of carbonyl (C=O) groups excluding carboxylic acids is 1. The lowest BCUT2D eigenvalue weighted by molar-refractivity contribution is 0.0691. The highest BCUT2D eigenvalue weighted by Gasteiger charge is 2.23. The highest BCUT2D eigenvalue weighted by Crippen LogP contribution is 2.35. The van der Waals surface area contributed by atoms with Gasteiger partial charge in [0.05, 0.1) is 26.2 Å². The zero-order valence-corrected chi connectivity index (χ0v) is 10.2. The number of carbonyl (C=O) groups is 2. The summed E-state index contributed by atoms with van der Waals surface area (Å²) in [5.41, 5.74) is -0.496. The molecule has 86 valence electrons. The molecule has 0 aliphatic rings. The van der Waals surface area contributed by atoms with Crippen LogP contribution in [0.2, 0.25) is 15.1 Å². The maximum atomic E-state index is 11.4. The van der Waals surface area contributed by atoms with Gasteiger partial charge in [0.1, 0.15) is 0 Å². The van der Waals surface area contributed by atoms with Crippen molar-refractivity contribution >= 4 is 46.7 Å². The summed E-state index contributed by atoms with van der Waals surface area (Å²) in [5.74, 6) is -1.94. The topological polar surface area (TPSA) is 66.4 Å². The van der Waals surface area contributed by atoms with Gasteiger partial charge in [-0.2, -0.15) is 0 Å². The van der Waals surface area contributed by atoms with Crippen molar-refractivity contribution in [3.8, 4) is 0 Å². The van der Waals surface area contributed by atoms with Crippen LogP contribution in [0.3, 0.4) is 0 Å². The zero-order valence-electron chi connectivity index (χ0n) is 7.97. The molecule has 2 N–H and O–H groups in total. The molecular weight excluding hydrogens is 276 g/mol. The van der Waals surface area contributed by atoms with Crippen molar-refractivity contribution in [2.24, 2.45) is 0 Å². The van der Waals surface area contributed by atoms with Crippen LogP contribution in [0.4, 0.5) is 0 Å². The van der Waals surface area contributed by atoms with Gasteiger partial charge in [0.2, 0.25) is 0 Å². The molecule has 0 bridgehead atoms. The van der Waals surface area contributed by atoms with Crippen molar-refractivity contribution in [1.82, 2.24) is 5.32 Å². The van der Waals surface area contributed by atoms with Gasteiger partial charge >= 0.3 is 5.97 Å². The first kappa shape index (κ1) is 13.1. The van der Waals surface area contributed by atoms with E-state index in [0.717, 1.165) is 6.07 Å². The van der Waals surface area contributed by atoms with E-state index >= 15 is 0 Å². The molecule has 0 spiro atoms. The fraction of sp³-hybridized carbons (Fsp3) is 0.111. The average molecular weight is 283 g/mol. The number of aromatic carboxylic acids is 1. The number of amides is 1. The zero-order chi connectivity index (χ0) is 12.5. The second-order valence-electron chi connectivity index (χ2n) is 2.79. The maximum absolute atomic E-state index is 11.4. The summed E-state index contributed by atoms with van der Waals surface area (Å²) in [6.07, 6.45) is 0. The first-order valence-electron chi connectivity index (χ1n) is 4.03. The molecule has 0 saturated carbocycles. The van der Waals surface area contributed by atoms with Gasteiger partial charge in [-0.1, -0.05) is 34.8 Å². The fourth-order valence-corrected chi connectivity index (χ4v) is 1.80. The fourth-order valence-electron chi connectivity index (χ4n) is 1.12. The first-order valence-corrected chi connectivity index (χ1v) is 5.16. The van der Waals surface area contributed by atoms with Crippen LogP contribution < -0.4 is 5.32 Å². The SMILES string of the molecule is CNC(=O)c1cc(Cl)c(Cl)c(Cl)c1C(=O)O. The Morgan fingerprint density at radius 3 is 2.25 bits per heavy atom. The number of hydrogen-bond acceptors (Lipinski definition) is 2. The van der Waals surface area contributed by atoms with E-state index in [1.165, 1.54) is 7.05 Å². The number of hydrogen-bond donors (Lipinski definition) is 2. The molecule has 0 unspecified atom stereocenters. The van der Waals surface area contributed by atoms with E-state index < -0.39 is 11.9 Å². The molecule has 16 heavy (non-hydrogen) atoms. The number of carboxylic acids is 1. The molecule has 1 amide bonds. The predicted octanol–water partition coefficient (Wildman–Crippen LogP) is 2.70. The largest absolute Gasteiger partial charge is 0.478 e. The predicted molar refractivity (Wildman–Crippen MR) is 61.8 cm³/mol. The minimum absolute atomic E-state index is 0.0234. The molecule has 0 saturated heterocycles. The van der Waals surface area contributed by atoms with E-state index in [0.29, 0.717) is 0 Å². The summed E-state index contributed by atoms with van der Waals surface area (Å²) in [6.45, 7) is 0. The van der Waals surface area contributed by atoms with Crippen LogP contribution in [-0.4, -0.2) is 24.0 Å². The molecule has 7 heteroatoms. The van der Waals surface area contributed by atoms with Crippen molar-refractivity contribution in [3.63, 3.8) is 0 Å². The van der Waals surface area contributed by atoms with Crippen LogP contribution in [0.1, 0.15) is 20.7 Å². The monoisotopic (exact) mass is 281 g/mol. The Morgan fingerprint density at radius 2 is 1.81 bits per heavy atom. The van der Waals surface area contributed by atoms with Crippen molar-refractivity contribution in [3.05, 3.63) is 32.3 Å². The maximum Gasteiger partial charge on any atom is 0.338 e. The first-order chi connectivity index (χ1) is 7.40. The Labute approximate surface area is 106 Å². The Kier molecular flexibility index (Phi) is 4.02. The molecule has 4 nitrogen and oxygen atoms in total. The minimum Gasteiger partial charge on any atom is -0.478 e. The van der Waals surface area contributed by atoms with E-state index in [9.17, 15) is 9.59 Å². The Balaban J connectivity index is 3.60. The molecule has 0 radical (unpaired) electrons. The summed E-state index contributed by atoms with van der Waals surface area (Å²) in [7, 11) is 1.37. The molecule has 1 aromatic rings. The van der Waals surface area contributed by atoms with E-state index in [1.807, 2.05) is 0 Å². The van der Waals surface area contributed by atoms with Gasteiger partial charge in [-0.15, -0.1) is 0 Å². The van der Waals surface area contributed by atoms with Crippen molar-refractivity contribution in [2.75, 3.05) is 7.05 Å². The van der Waals surface area contributed by atoms with Gasteiger partial charge in [-0.25, -0.2) is 4.79 Å². The third-order valence-electron chi connectivity index (χ3n) is 1.85. The lowest BCUT2D eigenvalue weighted by atomic mass is 10.1. The van der Waals surface area contributed by atoms with E-state index in [1.54, 1.807) is 0 Å². The van der Waals surface area contributed by atoms with Crippen LogP contribution in [0.5, 0.6) is 0 Å². The number of carboxylic acid groups (broad SMARTS) is 1. The number of benzene rings is 1. The number of halogens is 3. The molecule has 1 aromatic carbocycles. The molecule has 0 aliphatic carbocycles. The molecule has 0 aromatic heterocycles. The molecule has 1 rings (SSSR count). The van der Waals surface area contributed by atoms with Crippen molar-refractivity contribution in [2.45, 2.75) is 0 Å². The molecule has 0 fully saturated rings. The highest BCUT2D eigenvalue weighted by atomic mass is 35.5. The average Bonchev–Trinajstić information content (AvgIpc) is 2.23. The second kappa shape index (κ2) is 4.91. The van der Waals surface area contributed by atoms with Gasteiger partial charge in [0, 0.05) is 7.05 Å². The second-order valence-corrected chi connectivity index (χ2v) is 3.96. The van der Waals surface area contributed by atoms with Crippen LogP contribution in [0, 0.1) is 0 Å². The third-order valence-corrected chi connectivity index (χ3v) is 3.11. The quantitative estimate of drug-likeness (QED) is 0.820. The van der Waals surface area contributed by atoms with Gasteiger partial charge < -0.3 is 10.4 Å². The Bertz CT molecular complexity index is 474. The third kappa shape index (κ3) is 2.24. The lowest BCUT2D eigenvalue weighted by Crippen LogP contribution is -2.21. The smallest absolute Gasteiger partial charge is 0.338 e. The van der Waals surface area contributed by atoms with E-state index in [2.05, 4.69) is 5.32 Å². The van der Waals surface area contributed by atoms with Crippen molar-refractivity contribution < 1.29 is 14.7 Å². The molecule has 0 heterocycles. The van der Waals surface area contributed by atoms with Gasteiger partial charge in [-0.05, 0) is 6.07 Å². The summed E-state index contributed by atoms with van der Waals surface area (Å²) in [5, 5.41) is 10.9. The Morgan fingerprint density at radius 1 is 1.25 bits per heavy atom.